The summed E-state index contributed by atoms with van der Waals surface area (Å²) in [6.45, 7) is 2.95. The topological polar surface area (TPSA) is 55.3 Å². The van der Waals surface area contributed by atoms with Crippen LogP contribution in [0.1, 0.15) is 25.3 Å². The van der Waals surface area contributed by atoms with Gasteiger partial charge in [0.2, 0.25) is 5.91 Å². The van der Waals surface area contributed by atoms with E-state index in [4.69, 9.17) is 21.3 Å². The Morgan fingerprint density at radius 3 is 2.76 bits per heavy atom. The van der Waals surface area contributed by atoms with E-state index < -0.39 is 0 Å². The number of anilines is 1. The maximum absolute atomic E-state index is 13.3. The van der Waals surface area contributed by atoms with Gasteiger partial charge in [-0.25, -0.2) is 4.98 Å². The molecule has 1 amide bonds. The average Bonchev–Trinajstić information content (AvgIpc) is 3.27. The molecule has 0 fully saturated rings. The highest BCUT2D eigenvalue weighted by atomic mass is 35.5. The number of carbonyl (C=O) groups excluding carboxylic acids is 1. The highest BCUT2D eigenvalue weighted by Gasteiger charge is 2.21. The second-order valence-electron chi connectivity index (χ2n) is 7.28. The second-order valence-corrected chi connectivity index (χ2v) is 9.89. The minimum atomic E-state index is 0.0487. The summed E-state index contributed by atoms with van der Waals surface area (Å²) in [5.41, 5.74) is 1.76. The number of pyridine rings is 1. The molecule has 0 spiro atoms. The smallest absolute Gasteiger partial charge is 0.229 e. The molecule has 5 nitrogen and oxygen atoms in total. The van der Waals surface area contributed by atoms with Gasteiger partial charge in [0.15, 0.2) is 5.13 Å². The number of amides is 1. The Kier molecular flexibility index (Phi) is 8.20. The van der Waals surface area contributed by atoms with Crippen molar-refractivity contribution in [3.05, 3.63) is 77.6 Å². The number of fused-ring (bicyclic) bond motifs is 1. The van der Waals surface area contributed by atoms with Crippen LogP contribution in [0.15, 0.2) is 71.9 Å². The number of thiazole rings is 1. The molecule has 0 aliphatic carbocycles. The van der Waals surface area contributed by atoms with Crippen LogP contribution in [-0.2, 0) is 11.3 Å². The minimum Gasteiger partial charge on any atom is -0.492 e. The van der Waals surface area contributed by atoms with Crippen LogP contribution in [0.2, 0.25) is 5.02 Å². The molecule has 2 aromatic heterocycles. The molecule has 0 N–H and O–H groups in total. The monoisotopic (exact) mass is 497 g/mol. The zero-order chi connectivity index (χ0) is 23.0. The fourth-order valence-electron chi connectivity index (χ4n) is 3.31. The quantitative estimate of drug-likeness (QED) is 0.177. The van der Waals surface area contributed by atoms with E-state index in [0.29, 0.717) is 24.7 Å². The van der Waals surface area contributed by atoms with Gasteiger partial charge in [-0.2, -0.15) is 0 Å². The summed E-state index contributed by atoms with van der Waals surface area (Å²) < 4.78 is 6.74. The van der Waals surface area contributed by atoms with Crippen molar-refractivity contribution < 1.29 is 9.53 Å². The number of carbonyl (C=O) groups is 1. The van der Waals surface area contributed by atoms with Gasteiger partial charge < -0.3 is 4.74 Å². The number of halogens is 1. The molecular weight excluding hydrogens is 474 g/mol. The summed E-state index contributed by atoms with van der Waals surface area (Å²) in [5.74, 6) is 1.64. The number of nitrogens with zero attached hydrogens (tertiary/aromatic N) is 3. The number of rotatable bonds is 10. The predicted octanol–water partition coefficient (Wildman–Crippen LogP) is 6.85. The number of hydrogen-bond donors (Lipinski definition) is 0. The van der Waals surface area contributed by atoms with Crippen molar-refractivity contribution >= 4 is 56.0 Å². The van der Waals surface area contributed by atoms with E-state index in [0.717, 1.165) is 43.6 Å². The minimum absolute atomic E-state index is 0.0487. The Morgan fingerprint density at radius 2 is 2.00 bits per heavy atom. The highest BCUT2D eigenvalue weighted by Crippen LogP contribution is 2.35. The highest BCUT2D eigenvalue weighted by molar-refractivity contribution is 7.99. The third-order valence-corrected chi connectivity index (χ3v) is 7.28. The second kappa shape index (κ2) is 11.5. The lowest BCUT2D eigenvalue weighted by molar-refractivity contribution is -0.118. The summed E-state index contributed by atoms with van der Waals surface area (Å²) in [5, 5.41) is 1.40. The molecule has 0 bridgehead atoms. The Balaban J connectivity index is 1.49. The number of benzene rings is 2. The first-order chi connectivity index (χ1) is 16.1. The summed E-state index contributed by atoms with van der Waals surface area (Å²) in [7, 11) is 0. The Morgan fingerprint density at radius 1 is 1.15 bits per heavy atom. The molecule has 4 aromatic rings. The van der Waals surface area contributed by atoms with E-state index in [1.165, 1.54) is 11.3 Å². The molecule has 4 rings (SSSR count). The van der Waals surface area contributed by atoms with Gasteiger partial charge in [0.1, 0.15) is 11.3 Å². The molecule has 170 valence electrons. The SMILES string of the molecule is CCOc1cccc2sc(N(Cc3cccnc3)C(=O)CCCSc3ccc(Cl)cc3)nc12. The third-order valence-electron chi connectivity index (χ3n) is 4.88. The summed E-state index contributed by atoms with van der Waals surface area (Å²) in [6.07, 6.45) is 4.73. The summed E-state index contributed by atoms with van der Waals surface area (Å²) in [6, 6.07) is 17.5. The Labute approximate surface area is 206 Å². The summed E-state index contributed by atoms with van der Waals surface area (Å²) >= 11 is 9.19. The van der Waals surface area contributed by atoms with Gasteiger partial charge in [-0.05, 0) is 67.1 Å². The van der Waals surface area contributed by atoms with E-state index >= 15 is 0 Å². The maximum Gasteiger partial charge on any atom is 0.229 e. The fraction of sp³-hybridized carbons (Fsp3) is 0.240. The third kappa shape index (κ3) is 6.25. The molecule has 0 aliphatic heterocycles. The van der Waals surface area contributed by atoms with Crippen LogP contribution in [0, 0.1) is 0 Å². The van der Waals surface area contributed by atoms with Gasteiger partial charge in [-0.3, -0.25) is 14.7 Å². The fourth-order valence-corrected chi connectivity index (χ4v) is 5.29. The van der Waals surface area contributed by atoms with Crippen LogP contribution in [0.5, 0.6) is 5.75 Å². The lowest BCUT2D eigenvalue weighted by Gasteiger charge is -2.20. The lowest BCUT2D eigenvalue weighted by Crippen LogP contribution is -2.30. The molecule has 0 atom stereocenters. The van der Waals surface area contributed by atoms with Crippen LogP contribution in [-0.4, -0.2) is 28.2 Å². The molecule has 0 saturated heterocycles. The molecule has 0 unspecified atom stereocenters. The van der Waals surface area contributed by atoms with Crippen LogP contribution < -0.4 is 9.64 Å². The molecule has 0 saturated carbocycles. The van der Waals surface area contributed by atoms with E-state index in [1.54, 1.807) is 29.1 Å². The van der Waals surface area contributed by atoms with E-state index in [2.05, 4.69) is 4.98 Å². The maximum atomic E-state index is 13.3. The van der Waals surface area contributed by atoms with Gasteiger partial charge in [-0.1, -0.05) is 35.1 Å². The number of ether oxygens (including phenoxy) is 1. The van der Waals surface area contributed by atoms with Crippen molar-refractivity contribution in [2.24, 2.45) is 0 Å². The van der Waals surface area contributed by atoms with Crippen molar-refractivity contribution in [3.63, 3.8) is 0 Å². The lowest BCUT2D eigenvalue weighted by atomic mass is 10.2. The first-order valence-corrected chi connectivity index (χ1v) is 12.9. The molecule has 33 heavy (non-hydrogen) atoms. The number of para-hydroxylation sites is 1. The zero-order valence-electron chi connectivity index (χ0n) is 18.2. The van der Waals surface area contributed by atoms with Crippen LogP contribution in [0.3, 0.4) is 0 Å². The van der Waals surface area contributed by atoms with E-state index in [1.807, 2.05) is 61.5 Å². The van der Waals surface area contributed by atoms with Crippen molar-refractivity contribution in [1.29, 1.82) is 0 Å². The van der Waals surface area contributed by atoms with Crippen LogP contribution in [0.25, 0.3) is 10.2 Å². The van der Waals surface area contributed by atoms with Gasteiger partial charge >= 0.3 is 0 Å². The number of hydrogen-bond acceptors (Lipinski definition) is 6. The van der Waals surface area contributed by atoms with E-state index in [9.17, 15) is 4.79 Å². The normalized spacial score (nSPS) is 11.0. The molecule has 0 radical (unpaired) electrons. The zero-order valence-corrected chi connectivity index (χ0v) is 20.6. The molecular formula is C25H24ClN3O2S2. The first kappa shape index (κ1) is 23.5. The van der Waals surface area contributed by atoms with Crippen molar-refractivity contribution in [1.82, 2.24) is 9.97 Å². The van der Waals surface area contributed by atoms with Crippen molar-refractivity contribution in [3.8, 4) is 5.75 Å². The predicted molar refractivity (Wildman–Crippen MR) is 138 cm³/mol. The number of aromatic nitrogens is 2. The van der Waals surface area contributed by atoms with Crippen LogP contribution >= 0.6 is 34.7 Å². The molecule has 2 aromatic carbocycles. The largest absolute Gasteiger partial charge is 0.492 e. The van der Waals surface area contributed by atoms with Gasteiger partial charge in [0, 0.05) is 28.7 Å². The average molecular weight is 498 g/mol. The van der Waals surface area contributed by atoms with Crippen molar-refractivity contribution in [2.45, 2.75) is 31.2 Å². The van der Waals surface area contributed by atoms with Gasteiger partial charge in [0.05, 0.1) is 17.9 Å². The van der Waals surface area contributed by atoms with Gasteiger partial charge in [-0.15, -0.1) is 11.8 Å². The molecule has 8 heteroatoms. The first-order valence-electron chi connectivity index (χ1n) is 10.7. The molecule has 0 aliphatic rings. The number of thioether (sulfide) groups is 1. The standard InChI is InChI=1S/C25H24ClN3O2S2/c1-2-31-21-7-3-8-22-24(21)28-25(33-22)29(17-18-6-4-14-27-16-18)23(30)9-5-15-32-20-12-10-19(26)11-13-20/h3-4,6-8,10-14,16H,2,5,9,15,17H2,1H3. The van der Waals surface area contributed by atoms with Gasteiger partial charge in [0.25, 0.3) is 0 Å². The Hall–Kier alpha value is -2.61. The summed E-state index contributed by atoms with van der Waals surface area (Å²) in [4.78, 5) is 25.2. The Bertz CT molecular complexity index is 1200. The van der Waals surface area contributed by atoms with Crippen LogP contribution in [0.4, 0.5) is 5.13 Å². The molecule has 2 heterocycles. The van der Waals surface area contributed by atoms with E-state index in [-0.39, 0.29) is 5.91 Å². The van der Waals surface area contributed by atoms with Crippen molar-refractivity contribution in [2.75, 3.05) is 17.3 Å².